The van der Waals surface area contributed by atoms with Crippen molar-refractivity contribution in [1.82, 2.24) is 0 Å². The van der Waals surface area contributed by atoms with Crippen LogP contribution < -0.4 is 4.74 Å². The summed E-state index contributed by atoms with van der Waals surface area (Å²) in [5.41, 5.74) is 1.68. The summed E-state index contributed by atoms with van der Waals surface area (Å²) in [6.45, 7) is 0.360. The zero-order chi connectivity index (χ0) is 17.6. The molecule has 0 aromatic heterocycles. The molecule has 0 fully saturated rings. The van der Waals surface area contributed by atoms with Gasteiger partial charge in [0.05, 0.1) is 6.10 Å². The largest absolute Gasteiger partial charge is 0.489 e. The fourth-order valence-corrected chi connectivity index (χ4v) is 2.65. The number of halogens is 2. The van der Waals surface area contributed by atoms with Gasteiger partial charge in [0.2, 0.25) is 0 Å². The predicted octanol–water partition coefficient (Wildman–Crippen LogP) is 4.82. The molecule has 0 aliphatic carbocycles. The predicted molar refractivity (Wildman–Crippen MR) is 92.2 cm³/mol. The number of aliphatic hydroxyl groups excluding tert-OH is 1. The monoisotopic (exact) mass is 340 g/mol. The van der Waals surface area contributed by atoms with E-state index in [1.54, 1.807) is 24.3 Å². The molecule has 0 aliphatic heterocycles. The second kappa shape index (κ2) is 7.90. The van der Waals surface area contributed by atoms with E-state index in [-0.39, 0.29) is 12.0 Å². The quantitative estimate of drug-likeness (QED) is 0.697. The van der Waals surface area contributed by atoms with E-state index in [2.05, 4.69) is 0 Å². The fourth-order valence-electron chi connectivity index (χ4n) is 2.65. The van der Waals surface area contributed by atoms with Crippen LogP contribution in [0.15, 0.2) is 72.8 Å². The molecule has 1 unspecified atom stereocenters. The summed E-state index contributed by atoms with van der Waals surface area (Å²) in [5, 5.41) is 10.5. The normalized spacial score (nSPS) is 12.0. The summed E-state index contributed by atoms with van der Waals surface area (Å²) in [7, 11) is 0. The van der Waals surface area contributed by atoms with Crippen molar-refractivity contribution in [1.29, 1.82) is 0 Å². The minimum atomic E-state index is -0.997. The molecule has 3 rings (SSSR count). The van der Waals surface area contributed by atoms with Crippen LogP contribution >= 0.6 is 0 Å². The number of aliphatic hydroxyl groups is 1. The lowest BCUT2D eigenvalue weighted by Crippen LogP contribution is -2.07. The minimum Gasteiger partial charge on any atom is -0.489 e. The van der Waals surface area contributed by atoms with E-state index >= 15 is 0 Å². The molecule has 128 valence electrons. The van der Waals surface area contributed by atoms with Gasteiger partial charge in [-0.15, -0.1) is 0 Å². The van der Waals surface area contributed by atoms with Crippen molar-refractivity contribution < 1.29 is 18.6 Å². The smallest absolute Gasteiger partial charge is 0.162 e. The van der Waals surface area contributed by atoms with Gasteiger partial charge in [-0.3, -0.25) is 0 Å². The Labute approximate surface area is 145 Å². The molecule has 1 atom stereocenters. The van der Waals surface area contributed by atoms with Gasteiger partial charge in [0.15, 0.2) is 11.6 Å². The number of rotatable bonds is 6. The van der Waals surface area contributed by atoms with Crippen LogP contribution in [-0.2, 0) is 13.0 Å². The summed E-state index contributed by atoms with van der Waals surface area (Å²) >= 11 is 0. The highest BCUT2D eigenvalue weighted by atomic mass is 19.2. The molecule has 1 N–H and O–H groups in total. The number of para-hydroxylation sites is 1. The Morgan fingerprint density at radius 1 is 0.840 bits per heavy atom. The van der Waals surface area contributed by atoms with Crippen LogP contribution in [0.5, 0.6) is 5.75 Å². The Balaban J connectivity index is 1.76. The van der Waals surface area contributed by atoms with Crippen LogP contribution in [0.2, 0.25) is 0 Å². The van der Waals surface area contributed by atoms with Gasteiger partial charge in [-0.05, 0) is 23.3 Å². The van der Waals surface area contributed by atoms with Gasteiger partial charge in [0.25, 0.3) is 0 Å². The van der Waals surface area contributed by atoms with Crippen LogP contribution in [0, 0.1) is 11.6 Å². The molecule has 0 heterocycles. The molecular weight excluding hydrogens is 322 g/mol. The minimum absolute atomic E-state index is 0.0324. The average molecular weight is 340 g/mol. The third-order valence-electron chi connectivity index (χ3n) is 3.96. The third-order valence-corrected chi connectivity index (χ3v) is 3.96. The van der Waals surface area contributed by atoms with Gasteiger partial charge in [0, 0.05) is 12.0 Å². The summed E-state index contributed by atoms with van der Waals surface area (Å²) in [5.74, 6) is -1.32. The molecule has 0 spiro atoms. The van der Waals surface area contributed by atoms with Gasteiger partial charge in [-0.2, -0.15) is 0 Å². The van der Waals surface area contributed by atoms with Gasteiger partial charge in [-0.25, -0.2) is 8.78 Å². The molecule has 0 bridgehead atoms. The first-order chi connectivity index (χ1) is 12.1. The lowest BCUT2D eigenvalue weighted by Gasteiger charge is -2.17. The van der Waals surface area contributed by atoms with Crippen molar-refractivity contribution in [3.8, 4) is 5.75 Å². The van der Waals surface area contributed by atoms with E-state index in [0.717, 1.165) is 11.6 Å². The Hall–Kier alpha value is -2.72. The first-order valence-corrected chi connectivity index (χ1v) is 8.02. The van der Waals surface area contributed by atoms with E-state index in [4.69, 9.17) is 4.74 Å². The fraction of sp³-hybridized carbons (Fsp3) is 0.143. The van der Waals surface area contributed by atoms with Crippen molar-refractivity contribution in [2.24, 2.45) is 0 Å². The lowest BCUT2D eigenvalue weighted by molar-refractivity contribution is 0.169. The molecule has 0 saturated heterocycles. The van der Waals surface area contributed by atoms with Crippen LogP contribution in [-0.4, -0.2) is 5.11 Å². The van der Waals surface area contributed by atoms with Gasteiger partial charge < -0.3 is 9.84 Å². The molecular formula is C21H18F2O2. The molecule has 0 radical (unpaired) electrons. The molecule has 2 nitrogen and oxygen atoms in total. The molecule has 4 heteroatoms. The number of benzene rings is 3. The first-order valence-electron chi connectivity index (χ1n) is 8.02. The lowest BCUT2D eigenvalue weighted by atomic mass is 10.00. The highest BCUT2D eigenvalue weighted by Crippen LogP contribution is 2.29. The van der Waals surface area contributed by atoms with Gasteiger partial charge in [0.1, 0.15) is 12.4 Å². The topological polar surface area (TPSA) is 29.5 Å². The molecule has 3 aromatic rings. The van der Waals surface area contributed by atoms with Crippen LogP contribution in [0.3, 0.4) is 0 Å². The van der Waals surface area contributed by atoms with Gasteiger partial charge >= 0.3 is 0 Å². The maximum Gasteiger partial charge on any atom is 0.162 e. The molecule has 25 heavy (non-hydrogen) atoms. The zero-order valence-electron chi connectivity index (χ0n) is 13.5. The zero-order valence-corrected chi connectivity index (χ0v) is 13.5. The highest BCUT2D eigenvalue weighted by Gasteiger charge is 2.17. The summed E-state index contributed by atoms with van der Waals surface area (Å²) < 4.78 is 33.0. The second-order valence-corrected chi connectivity index (χ2v) is 5.74. The van der Waals surface area contributed by atoms with Gasteiger partial charge in [-0.1, -0.05) is 60.7 Å². The second-order valence-electron chi connectivity index (χ2n) is 5.74. The maximum atomic E-state index is 13.8. The van der Waals surface area contributed by atoms with Crippen molar-refractivity contribution in [3.63, 3.8) is 0 Å². The molecule has 0 amide bonds. The van der Waals surface area contributed by atoms with Crippen molar-refractivity contribution >= 4 is 0 Å². The van der Waals surface area contributed by atoms with Crippen molar-refractivity contribution in [2.45, 2.75) is 19.1 Å². The van der Waals surface area contributed by atoms with E-state index < -0.39 is 17.7 Å². The highest BCUT2D eigenvalue weighted by molar-refractivity contribution is 5.36. The molecule has 0 aliphatic rings. The first kappa shape index (κ1) is 17.1. The van der Waals surface area contributed by atoms with E-state index in [0.29, 0.717) is 17.9 Å². The average Bonchev–Trinajstić information content (AvgIpc) is 2.65. The summed E-state index contributed by atoms with van der Waals surface area (Å²) in [6.07, 6.45) is -1.03. The van der Waals surface area contributed by atoms with Crippen molar-refractivity contribution in [2.75, 3.05) is 0 Å². The third kappa shape index (κ3) is 4.22. The summed E-state index contributed by atoms with van der Waals surface area (Å²) in [4.78, 5) is 0. The Morgan fingerprint density at radius 3 is 2.36 bits per heavy atom. The van der Waals surface area contributed by atoms with Crippen LogP contribution in [0.25, 0.3) is 0 Å². The number of ether oxygens (including phenoxy) is 1. The van der Waals surface area contributed by atoms with Crippen LogP contribution in [0.4, 0.5) is 8.78 Å². The van der Waals surface area contributed by atoms with E-state index in [1.807, 2.05) is 30.3 Å². The van der Waals surface area contributed by atoms with E-state index in [9.17, 15) is 13.9 Å². The SMILES string of the molecule is OC(Cc1cccc(F)c1F)c1ccccc1OCc1ccccc1. The molecule has 0 saturated carbocycles. The standard InChI is InChI=1S/C21H18F2O2/c22-18-11-6-9-16(21(18)23)13-19(24)17-10-4-5-12-20(17)25-14-15-7-2-1-3-8-15/h1-12,19,24H,13-14H2. The summed E-state index contributed by atoms with van der Waals surface area (Å²) in [6, 6.07) is 20.7. The Morgan fingerprint density at radius 2 is 1.56 bits per heavy atom. The van der Waals surface area contributed by atoms with Crippen LogP contribution in [0.1, 0.15) is 22.8 Å². The molecule has 3 aromatic carbocycles. The maximum absolute atomic E-state index is 13.8. The van der Waals surface area contributed by atoms with Crippen molar-refractivity contribution in [3.05, 3.63) is 101 Å². The number of hydrogen-bond acceptors (Lipinski definition) is 2. The number of hydrogen-bond donors (Lipinski definition) is 1. The Bertz CT molecular complexity index is 834. The van der Waals surface area contributed by atoms with E-state index in [1.165, 1.54) is 12.1 Å². The Kier molecular flexibility index (Phi) is 5.41.